The fraction of sp³-hybridized carbons (Fsp3) is 0.500. The number of hydrogen-bond donors (Lipinski definition) is 0. The van der Waals surface area contributed by atoms with Gasteiger partial charge in [0, 0.05) is 18.8 Å². The Labute approximate surface area is 136 Å². The van der Waals surface area contributed by atoms with Gasteiger partial charge in [0.2, 0.25) is 5.78 Å². The second kappa shape index (κ2) is 6.94. The molecule has 0 fully saturated rings. The van der Waals surface area contributed by atoms with E-state index >= 15 is 0 Å². The Kier molecular flexibility index (Phi) is 5.19. The topological polar surface area (TPSA) is 69.7 Å². The molecule has 1 aliphatic heterocycles. The Hall–Kier alpha value is -2.17. The van der Waals surface area contributed by atoms with Gasteiger partial charge in [-0.05, 0) is 18.6 Å². The summed E-state index contributed by atoms with van der Waals surface area (Å²) in [5.74, 6) is -1.41. The van der Waals surface area contributed by atoms with Crippen LogP contribution in [0, 0.1) is 5.92 Å². The van der Waals surface area contributed by atoms with E-state index < -0.39 is 23.3 Å². The number of Topliss-reactive ketones (excluding diaryl/α,β-unsaturated/α-hetero) is 2. The zero-order valence-electron chi connectivity index (χ0n) is 13.8. The van der Waals surface area contributed by atoms with Crippen molar-refractivity contribution in [1.29, 1.82) is 0 Å². The number of ketones is 2. The molecule has 2 rings (SSSR count). The Morgan fingerprint density at radius 3 is 2.61 bits per heavy atom. The first-order valence-electron chi connectivity index (χ1n) is 7.90. The van der Waals surface area contributed by atoms with Crippen LogP contribution in [0.4, 0.5) is 0 Å². The van der Waals surface area contributed by atoms with Crippen molar-refractivity contribution in [2.24, 2.45) is 5.92 Å². The molecular formula is C18H22O5. The molecule has 0 bridgehead atoms. The molecule has 0 aliphatic carbocycles. The van der Waals surface area contributed by atoms with Gasteiger partial charge >= 0.3 is 5.97 Å². The van der Waals surface area contributed by atoms with E-state index in [1.807, 2.05) is 6.92 Å². The molecule has 0 radical (unpaired) electrons. The van der Waals surface area contributed by atoms with Gasteiger partial charge in [-0.15, -0.1) is 0 Å². The largest absolute Gasteiger partial charge is 0.466 e. The van der Waals surface area contributed by atoms with E-state index in [0.29, 0.717) is 17.7 Å². The number of benzene rings is 1. The zero-order valence-corrected chi connectivity index (χ0v) is 13.8. The minimum absolute atomic E-state index is 0.0231. The highest BCUT2D eigenvalue weighted by Crippen LogP contribution is 2.41. The van der Waals surface area contributed by atoms with Crippen LogP contribution in [0.25, 0.3) is 0 Å². The standard InChI is InChI=1S/C18H22O5/c1-4-5-8-13(19)11-12(2)18(17(21)22-3)16(20)14-9-6-7-10-15(14)23-18/h6-7,9-10,12H,4-5,8,11H2,1-3H3/t12?,18-/m0/s1. The summed E-state index contributed by atoms with van der Waals surface area (Å²) < 4.78 is 10.6. The average molecular weight is 318 g/mol. The van der Waals surface area contributed by atoms with E-state index in [1.165, 1.54) is 7.11 Å². The number of esters is 1. The Morgan fingerprint density at radius 2 is 2.00 bits per heavy atom. The van der Waals surface area contributed by atoms with Crippen LogP contribution in [0.15, 0.2) is 24.3 Å². The van der Waals surface area contributed by atoms with Crippen LogP contribution in [0.3, 0.4) is 0 Å². The summed E-state index contributed by atoms with van der Waals surface area (Å²) in [6.45, 7) is 3.69. The van der Waals surface area contributed by atoms with Crippen molar-refractivity contribution in [3.05, 3.63) is 29.8 Å². The van der Waals surface area contributed by atoms with Crippen molar-refractivity contribution in [1.82, 2.24) is 0 Å². The molecule has 0 aromatic heterocycles. The van der Waals surface area contributed by atoms with Gasteiger partial charge in [0.15, 0.2) is 0 Å². The second-order valence-electron chi connectivity index (χ2n) is 5.90. The number of rotatable bonds is 7. The van der Waals surface area contributed by atoms with Gasteiger partial charge in [0.25, 0.3) is 5.60 Å². The smallest absolute Gasteiger partial charge is 0.358 e. The van der Waals surface area contributed by atoms with E-state index in [2.05, 4.69) is 0 Å². The summed E-state index contributed by atoms with van der Waals surface area (Å²) in [5, 5.41) is 0. The van der Waals surface area contributed by atoms with Gasteiger partial charge in [-0.25, -0.2) is 4.79 Å². The molecule has 0 amide bonds. The van der Waals surface area contributed by atoms with Crippen LogP contribution in [0.2, 0.25) is 0 Å². The number of fused-ring (bicyclic) bond motifs is 1. The first-order chi connectivity index (χ1) is 11.0. The minimum atomic E-state index is -1.76. The van der Waals surface area contributed by atoms with Crippen LogP contribution in [0.5, 0.6) is 5.75 Å². The molecule has 5 nitrogen and oxygen atoms in total. The van der Waals surface area contributed by atoms with Gasteiger partial charge in [0.05, 0.1) is 12.7 Å². The quantitative estimate of drug-likeness (QED) is 0.571. The lowest BCUT2D eigenvalue weighted by molar-refractivity contribution is -0.157. The highest BCUT2D eigenvalue weighted by Gasteiger charge is 2.59. The lowest BCUT2D eigenvalue weighted by Gasteiger charge is -2.30. The predicted molar refractivity (Wildman–Crippen MR) is 84.5 cm³/mol. The Balaban J connectivity index is 2.30. The van der Waals surface area contributed by atoms with E-state index in [0.717, 1.165) is 12.8 Å². The molecule has 1 aliphatic rings. The normalized spacial score (nSPS) is 20.6. The van der Waals surface area contributed by atoms with Gasteiger partial charge in [-0.3, -0.25) is 9.59 Å². The highest BCUT2D eigenvalue weighted by molar-refractivity contribution is 6.19. The van der Waals surface area contributed by atoms with Crippen LogP contribution in [-0.4, -0.2) is 30.2 Å². The summed E-state index contributed by atoms with van der Waals surface area (Å²) in [4.78, 5) is 37.3. The molecule has 1 aromatic rings. The van der Waals surface area contributed by atoms with Gasteiger partial charge in [0.1, 0.15) is 11.5 Å². The molecule has 1 unspecified atom stereocenters. The van der Waals surface area contributed by atoms with Gasteiger partial charge < -0.3 is 9.47 Å². The zero-order chi connectivity index (χ0) is 17.0. The summed E-state index contributed by atoms with van der Waals surface area (Å²) in [5.41, 5.74) is -1.41. The van der Waals surface area contributed by atoms with Crippen LogP contribution < -0.4 is 4.74 Å². The third-order valence-electron chi connectivity index (χ3n) is 4.27. The van der Waals surface area contributed by atoms with Crippen LogP contribution in [-0.2, 0) is 14.3 Å². The van der Waals surface area contributed by atoms with E-state index in [9.17, 15) is 14.4 Å². The first kappa shape index (κ1) is 17.2. The number of carbonyl (C=O) groups excluding carboxylic acids is 3. The summed E-state index contributed by atoms with van der Waals surface area (Å²) in [6, 6.07) is 6.71. The molecule has 0 saturated carbocycles. The van der Waals surface area contributed by atoms with Crippen molar-refractivity contribution in [3.8, 4) is 5.75 Å². The maximum absolute atomic E-state index is 12.8. The van der Waals surface area contributed by atoms with E-state index in [1.54, 1.807) is 31.2 Å². The third-order valence-corrected chi connectivity index (χ3v) is 4.27. The van der Waals surface area contributed by atoms with E-state index in [4.69, 9.17) is 9.47 Å². The maximum atomic E-state index is 12.8. The molecule has 0 N–H and O–H groups in total. The molecule has 0 saturated heterocycles. The van der Waals surface area contributed by atoms with Gasteiger partial charge in [-0.2, -0.15) is 0 Å². The molecule has 2 atom stereocenters. The lowest BCUT2D eigenvalue weighted by atomic mass is 9.80. The van der Waals surface area contributed by atoms with Gasteiger partial charge in [-0.1, -0.05) is 32.4 Å². The second-order valence-corrected chi connectivity index (χ2v) is 5.90. The Bertz CT molecular complexity index is 622. The number of carbonyl (C=O) groups is 3. The highest BCUT2D eigenvalue weighted by atomic mass is 16.6. The van der Waals surface area contributed by atoms with Crippen molar-refractivity contribution in [3.63, 3.8) is 0 Å². The third kappa shape index (κ3) is 3.00. The monoisotopic (exact) mass is 318 g/mol. The fourth-order valence-corrected chi connectivity index (χ4v) is 2.94. The lowest BCUT2D eigenvalue weighted by Crippen LogP contribution is -2.54. The summed E-state index contributed by atoms with van der Waals surface area (Å²) in [7, 11) is 1.22. The average Bonchev–Trinajstić information content (AvgIpc) is 2.86. The maximum Gasteiger partial charge on any atom is 0.358 e. The van der Waals surface area contributed by atoms with Crippen molar-refractivity contribution in [2.75, 3.05) is 7.11 Å². The molecule has 5 heteroatoms. The number of para-hydroxylation sites is 1. The predicted octanol–water partition coefficient (Wildman–Crippen LogP) is 2.96. The van der Waals surface area contributed by atoms with Crippen LogP contribution >= 0.6 is 0 Å². The SMILES string of the molecule is CCCCC(=O)CC(C)[C@]1(C(=O)OC)Oc2ccccc2C1=O. The summed E-state index contributed by atoms with van der Waals surface area (Å²) in [6.07, 6.45) is 2.27. The Morgan fingerprint density at radius 1 is 1.30 bits per heavy atom. The molecule has 23 heavy (non-hydrogen) atoms. The molecule has 124 valence electrons. The fourth-order valence-electron chi connectivity index (χ4n) is 2.94. The molecular weight excluding hydrogens is 296 g/mol. The number of unbranched alkanes of at least 4 members (excludes halogenated alkanes) is 1. The number of methoxy groups -OCH3 is 1. The molecule has 1 heterocycles. The number of ether oxygens (including phenoxy) is 2. The van der Waals surface area contributed by atoms with Crippen LogP contribution in [0.1, 0.15) is 49.9 Å². The minimum Gasteiger partial charge on any atom is -0.466 e. The number of hydrogen-bond acceptors (Lipinski definition) is 5. The summed E-state index contributed by atoms with van der Waals surface area (Å²) >= 11 is 0. The first-order valence-corrected chi connectivity index (χ1v) is 7.90. The van der Waals surface area contributed by atoms with E-state index in [-0.39, 0.29) is 12.2 Å². The molecule has 1 aromatic carbocycles. The molecule has 0 spiro atoms. The van der Waals surface area contributed by atoms with Crippen molar-refractivity contribution in [2.45, 2.75) is 45.1 Å². The van der Waals surface area contributed by atoms with Crippen molar-refractivity contribution < 1.29 is 23.9 Å². The van der Waals surface area contributed by atoms with Crippen molar-refractivity contribution >= 4 is 17.5 Å².